The first-order chi connectivity index (χ1) is 10.5. The lowest BCUT2D eigenvalue weighted by atomic mass is 9.70. The molecule has 0 aliphatic heterocycles. The van der Waals surface area contributed by atoms with Gasteiger partial charge in [-0.25, -0.2) is 0 Å². The molecule has 2 atom stereocenters. The Hall–Kier alpha value is -2.09. The molecular weight excluding hydrogens is 284 g/mol. The molecule has 2 aliphatic rings. The van der Waals surface area contributed by atoms with Crippen molar-refractivity contribution in [1.29, 1.82) is 0 Å². The minimum atomic E-state index is -1.49. The van der Waals surface area contributed by atoms with E-state index in [2.05, 4.69) is 11.8 Å². The number of ether oxygens (including phenoxy) is 2. The lowest BCUT2D eigenvalue weighted by Gasteiger charge is -2.33. The Kier molecular flexibility index (Phi) is 4.70. The van der Waals surface area contributed by atoms with Crippen molar-refractivity contribution in [3.05, 3.63) is 11.6 Å². The van der Waals surface area contributed by atoms with Crippen LogP contribution in [0.25, 0.3) is 0 Å². The molecular formula is C17H20O5. The number of hydrogen-bond acceptors (Lipinski definition) is 5. The minimum Gasteiger partial charge on any atom is -0.468 e. The fourth-order valence-corrected chi connectivity index (χ4v) is 3.67. The summed E-state index contributed by atoms with van der Waals surface area (Å²) in [5.74, 6) is 4.05. The Morgan fingerprint density at radius 3 is 2.45 bits per heavy atom. The number of allylic oxidation sites excluding steroid dienone is 2. The van der Waals surface area contributed by atoms with Gasteiger partial charge < -0.3 is 9.47 Å². The number of fused-ring (bicyclic) bond motifs is 1. The molecule has 5 heteroatoms. The molecule has 0 spiro atoms. The lowest BCUT2D eigenvalue weighted by Crippen LogP contribution is -2.47. The van der Waals surface area contributed by atoms with Gasteiger partial charge in [0.05, 0.1) is 14.2 Å². The summed E-state index contributed by atoms with van der Waals surface area (Å²) in [5.41, 5.74) is -0.615. The molecule has 0 aromatic heterocycles. The number of esters is 2. The zero-order chi connectivity index (χ0) is 16.3. The quantitative estimate of drug-likeness (QED) is 0.449. The highest BCUT2D eigenvalue weighted by atomic mass is 16.5. The summed E-state index contributed by atoms with van der Waals surface area (Å²) in [7, 11) is 2.50. The van der Waals surface area contributed by atoms with Gasteiger partial charge in [-0.2, -0.15) is 0 Å². The molecule has 0 heterocycles. The first kappa shape index (κ1) is 16.3. The monoisotopic (exact) mass is 304 g/mol. The van der Waals surface area contributed by atoms with E-state index in [4.69, 9.17) is 9.47 Å². The molecule has 0 radical (unpaired) electrons. The zero-order valence-corrected chi connectivity index (χ0v) is 13.1. The van der Waals surface area contributed by atoms with Crippen molar-refractivity contribution in [3.63, 3.8) is 0 Å². The van der Waals surface area contributed by atoms with Crippen molar-refractivity contribution in [2.24, 2.45) is 17.3 Å². The van der Waals surface area contributed by atoms with Gasteiger partial charge in [0.25, 0.3) is 0 Å². The van der Waals surface area contributed by atoms with Crippen LogP contribution in [0.3, 0.4) is 0 Å². The van der Waals surface area contributed by atoms with Crippen LogP contribution in [0.4, 0.5) is 0 Å². The van der Waals surface area contributed by atoms with Crippen LogP contribution in [-0.4, -0.2) is 31.9 Å². The second-order valence-corrected chi connectivity index (χ2v) is 5.70. The van der Waals surface area contributed by atoms with E-state index in [9.17, 15) is 14.4 Å². The molecule has 0 saturated heterocycles. The van der Waals surface area contributed by atoms with Gasteiger partial charge in [-0.05, 0) is 31.8 Å². The standard InChI is InChI=1S/C17H20O5/c1-4-5-8-17(15(19)21-2,16(20)22-3)14-7-6-11-9-12(18)10-13(11)14/h10-11,14H,6-9H2,1-3H3. The van der Waals surface area contributed by atoms with E-state index in [1.165, 1.54) is 14.2 Å². The van der Waals surface area contributed by atoms with Crippen LogP contribution >= 0.6 is 0 Å². The molecule has 1 fully saturated rings. The van der Waals surface area contributed by atoms with E-state index in [1.54, 1.807) is 13.0 Å². The molecule has 2 aliphatic carbocycles. The molecule has 118 valence electrons. The van der Waals surface area contributed by atoms with Crippen LogP contribution in [-0.2, 0) is 23.9 Å². The highest BCUT2D eigenvalue weighted by Gasteiger charge is 2.58. The molecule has 0 aromatic rings. The number of hydrogen-bond donors (Lipinski definition) is 0. The van der Waals surface area contributed by atoms with E-state index in [-0.39, 0.29) is 24.0 Å². The number of methoxy groups -OCH3 is 2. The normalized spacial score (nSPS) is 23.2. The second-order valence-electron chi connectivity index (χ2n) is 5.70. The first-order valence-electron chi connectivity index (χ1n) is 7.32. The molecule has 2 rings (SSSR count). The van der Waals surface area contributed by atoms with E-state index in [0.29, 0.717) is 12.8 Å². The molecule has 2 unspecified atom stereocenters. The highest BCUT2D eigenvalue weighted by molar-refractivity contribution is 6.02. The fourth-order valence-electron chi connectivity index (χ4n) is 3.67. The van der Waals surface area contributed by atoms with Crippen molar-refractivity contribution in [2.75, 3.05) is 14.2 Å². The van der Waals surface area contributed by atoms with E-state index >= 15 is 0 Å². The van der Waals surface area contributed by atoms with Crippen molar-refractivity contribution in [2.45, 2.75) is 32.6 Å². The van der Waals surface area contributed by atoms with E-state index < -0.39 is 17.4 Å². The second kappa shape index (κ2) is 6.35. The third-order valence-electron chi connectivity index (χ3n) is 4.69. The summed E-state index contributed by atoms with van der Waals surface area (Å²) in [6.07, 6.45) is 3.52. The van der Waals surface area contributed by atoms with E-state index in [1.807, 2.05) is 0 Å². The van der Waals surface area contributed by atoms with Gasteiger partial charge >= 0.3 is 11.9 Å². The number of carbonyl (C=O) groups is 3. The van der Waals surface area contributed by atoms with Crippen molar-refractivity contribution >= 4 is 17.7 Å². The number of rotatable bonds is 4. The maximum Gasteiger partial charge on any atom is 0.324 e. The third kappa shape index (κ3) is 2.43. The van der Waals surface area contributed by atoms with Crippen molar-refractivity contribution in [1.82, 2.24) is 0 Å². The molecule has 0 aromatic carbocycles. The van der Waals surface area contributed by atoms with Gasteiger partial charge in [-0.1, -0.05) is 5.57 Å². The van der Waals surface area contributed by atoms with Crippen LogP contribution in [0.15, 0.2) is 11.6 Å². The summed E-state index contributed by atoms with van der Waals surface area (Å²) < 4.78 is 9.81. The topological polar surface area (TPSA) is 69.7 Å². The summed E-state index contributed by atoms with van der Waals surface area (Å²) in [6.45, 7) is 1.65. The highest BCUT2D eigenvalue weighted by Crippen LogP contribution is 2.52. The summed E-state index contributed by atoms with van der Waals surface area (Å²) >= 11 is 0. The average Bonchev–Trinajstić information content (AvgIpc) is 3.06. The minimum absolute atomic E-state index is 0.0335. The largest absolute Gasteiger partial charge is 0.468 e. The van der Waals surface area contributed by atoms with Gasteiger partial charge in [0, 0.05) is 18.8 Å². The molecule has 5 nitrogen and oxygen atoms in total. The summed E-state index contributed by atoms with van der Waals surface area (Å²) in [6, 6.07) is 0. The molecule has 0 bridgehead atoms. The van der Waals surface area contributed by atoms with Crippen molar-refractivity contribution < 1.29 is 23.9 Å². The lowest BCUT2D eigenvalue weighted by molar-refractivity contribution is -0.172. The maximum atomic E-state index is 12.5. The molecule has 1 saturated carbocycles. The van der Waals surface area contributed by atoms with Gasteiger partial charge in [0.15, 0.2) is 11.2 Å². The van der Waals surface area contributed by atoms with Crippen LogP contribution in [0, 0.1) is 29.1 Å². The smallest absolute Gasteiger partial charge is 0.324 e. The predicted octanol–water partition coefficient (Wildman–Crippen LogP) is 1.66. The predicted molar refractivity (Wildman–Crippen MR) is 78.5 cm³/mol. The SMILES string of the molecule is CC#CCC(C(=O)OC)(C(=O)OC)C1CCC2CC(=O)C=C21. The Labute approximate surface area is 130 Å². The molecule has 0 N–H and O–H groups in total. The van der Waals surface area contributed by atoms with Gasteiger partial charge in [-0.3, -0.25) is 14.4 Å². The Morgan fingerprint density at radius 2 is 1.91 bits per heavy atom. The van der Waals surface area contributed by atoms with Crippen LogP contribution < -0.4 is 0 Å². The van der Waals surface area contributed by atoms with Crippen molar-refractivity contribution in [3.8, 4) is 11.8 Å². The maximum absolute atomic E-state index is 12.5. The van der Waals surface area contributed by atoms with Gasteiger partial charge in [0.1, 0.15) is 0 Å². The van der Waals surface area contributed by atoms with Crippen LogP contribution in [0.1, 0.15) is 32.6 Å². The van der Waals surface area contributed by atoms with Gasteiger partial charge in [-0.15, -0.1) is 11.8 Å². The summed E-state index contributed by atoms with van der Waals surface area (Å²) in [4.78, 5) is 36.7. The summed E-state index contributed by atoms with van der Waals surface area (Å²) in [5, 5.41) is 0. The zero-order valence-electron chi connectivity index (χ0n) is 13.1. The Bertz CT molecular complexity index is 574. The van der Waals surface area contributed by atoms with Gasteiger partial charge in [0.2, 0.25) is 0 Å². The Morgan fingerprint density at radius 1 is 1.27 bits per heavy atom. The van der Waals surface area contributed by atoms with Crippen LogP contribution in [0.2, 0.25) is 0 Å². The average molecular weight is 304 g/mol. The number of ketones is 1. The fraction of sp³-hybridized carbons (Fsp3) is 0.588. The third-order valence-corrected chi connectivity index (χ3v) is 4.69. The van der Waals surface area contributed by atoms with Crippen LogP contribution in [0.5, 0.6) is 0 Å². The first-order valence-corrected chi connectivity index (χ1v) is 7.32. The molecule has 0 amide bonds. The van der Waals surface area contributed by atoms with E-state index in [0.717, 1.165) is 12.0 Å². The number of carbonyl (C=O) groups excluding carboxylic acids is 3. The molecule has 22 heavy (non-hydrogen) atoms. The Balaban J connectivity index is 2.53.